The van der Waals surface area contributed by atoms with Crippen LogP contribution in [0.3, 0.4) is 0 Å². The molecule has 2 fully saturated rings. The van der Waals surface area contributed by atoms with Crippen molar-refractivity contribution in [1.29, 1.82) is 0 Å². The van der Waals surface area contributed by atoms with Gasteiger partial charge in [-0.2, -0.15) is 4.31 Å². The maximum atomic E-state index is 13.3. The molecule has 0 bridgehead atoms. The van der Waals surface area contributed by atoms with Crippen molar-refractivity contribution in [2.24, 2.45) is 0 Å². The van der Waals surface area contributed by atoms with Crippen molar-refractivity contribution in [3.8, 4) is 0 Å². The van der Waals surface area contributed by atoms with Crippen molar-refractivity contribution >= 4 is 32.4 Å². The average molecular weight is 352 g/mol. The Morgan fingerprint density at radius 3 is 3.00 bits per heavy atom. The standard InChI is InChI=1S/C16H18ClN3O2S/c17-12-10-18-9-11-3-1-5-15(16(11)12)23(21,22)20-8-6-13-14(20)4-2-7-19-13/h1,3,5,9-10,13-14,19H,2,4,6-8H2. The highest BCUT2D eigenvalue weighted by Gasteiger charge is 2.42. The van der Waals surface area contributed by atoms with Gasteiger partial charge < -0.3 is 5.32 Å². The Morgan fingerprint density at radius 1 is 1.26 bits per heavy atom. The molecule has 7 heteroatoms. The molecular weight excluding hydrogens is 334 g/mol. The molecule has 2 aromatic rings. The lowest BCUT2D eigenvalue weighted by Crippen LogP contribution is -2.48. The van der Waals surface area contributed by atoms with Crippen LogP contribution in [0.25, 0.3) is 10.8 Å². The van der Waals surface area contributed by atoms with E-state index in [9.17, 15) is 8.42 Å². The number of aromatic nitrogens is 1. The van der Waals surface area contributed by atoms with E-state index < -0.39 is 10.0 Å². The van der Waals surface area contributed by atoms with Crippen LogP contribution in [-0.2, 0) is 10.0 Å². The Labute approximate surface area is 140 Å². The second-order valence-corrected chi connectivity index (χ2v) is 8.42. The van der Waals surface area contributed by atoms with Crippen LogP contribution in [0.2, 0.25) is 5.02 Å². The first kappa shape index (κ1) is 15.3. The van der Waals surface area contributed by atoms with Crippen molar-refractivity contribution in [2.75, 3.05) is 13.1 Å². The van der Waals surface area contributed by atoms with E-state index in [2.05, 4.69) is 10.3 Å². The molecule has 0 spiro atoms. The molecule has 1 aromatic carbocycles. The zero-order valence-electron chi connectivity index (χ0n) is 12.6. The highest BCUT2D eigenvalue weighted by atomic mass is 35.5. The Morgan fingerprint density at radius 2 is 2.13 bits per heavy atom. The van der Waals surface area contributed by atoms with E-state index in [4.69, 9.17) is 11.6 Å². The Bertz CT molecular complexity index is 850. The molecule has 0 saturated carbocycles. The molecule has 0 amide bonds. The smallest absolute Gasteiger partial charge is 0.244 e. The zero-order chi connectivity index (χ0) is 16.0. The minimum Gasteiger partial charge on any atom is -0.312 e. The minimum absolute atomic E-state index is 0.0459. The van der Waals surface area contributed by atoms with E-state index in [-0.39, 0.29) is 17.0 Å². The van der Waals surface area contributed by atoms with Gasteiger partial charge in [0.2, 0.25) is 10.0 Å². The van der Waals surface area contributed by atoms with Crippen LogP contribution in [0.15, 0.2) is 35.5 Å². The Balaban J connectivity index is 1.84. The fraction of sp³-hybridized carbons (Fsp3) is 0.438. The average Bonchev–Trinajstić information content (AvgIpc) is 2.99. The van der Waals surface area contributed by atoms with E-state index in [1.807, 2.05) is 6.07 Å². The number of fused-ring (bicyclic) bond motifs is 2. The maximum Gasteiger partial charge on any atom is 0.244 e. The van der Waals surface area contributed by atoms with Gasteiger partial charge in [0.1, 0.15) is 0 Å². The van der Waals surface area contributed by atoms with Crippen LogP contribution < -0.4 is 5.32 Å². The molecule has 0 radical (unpaired) electrons. The molecule has 5 nitrogen and oxygen atoms in total. The van der Waals surface area contributed by atoms with Crippen molar-refractivity contribution in [1.82, 2.24) is 14.6 Å². The molecule has 2 unspecified atom stereocenters. The highest BCUT2D eigenvalue weighted by Crippen LogP contribution is 2.35. The van der Waals surface area contributed by atoms with Crippen LogP contribution in [0, 0.1) is 0 Å². The van der Waals surface area contributed by atoms with Crippen LogP contribution in [-0.4, -0.2) is 42.9 Å². The molecule has 2 atom stereocenters. The lowest BCUT2D eigenvalue weighted by Gasteiger charge is -2.32. The Hall–Kier alpha value is -1.21. The minimum atomic E-state index is -3.58. The van der Waals surface area contributed by atoms with Gasteiger partial charge in [-0.15, -0.1) is 0 Å². The number of piperidine rings is 1. The summed E-state index contributed by atoms with van der Waals surface area (Å²) in [5.41, 5.74) is 0. The molecule has 1 aromatic heterocycles. The van der Waals surface area contributed by atoms with Crippen LogP contribution >= 0.6 is 11.6 Å². The van der Waals surface area contributed by atoms with Crippen molar-refractivity contribution < 1.29 is 8.42 Å². The Kier molecular flexibility index (Phi) is 3.80. The quantitative estimate of drug-likeness (QED) is 0.902. The van der Waals surface area contributed by atoms with Crippen molar-refractivity contribution in [2.45, 2.75) is 36.2 Å². The van der Waals surface area contributed by atoms with Gasteiger partial charge in [0.15, 0.2) is 0 Å². The zero-order valence-corrected chi connectivity index (χ0v) is 14.1. The first-order valence-electron chi connectivity index (χ1n) is 7.86. The molecule has 0 aliphatic carbocycles. The number of hydrogen-bond acceptors (Lipinski definition) is 4. The molecule has 2 saturated heterocycles. The van der Waals surface area contributed by atoms with Gasteiger partial charge in [-0.3, -0.25) is 4.98 Å². The van der Waals surface area contributed by atoms with Gasteiger partial charge in [-0.1, -0.05) is 23.7 Å². The van der Waals surface area contributed by atoms with E-state index in [0.29, 0.717) is 17.0 Å². The second kappa shape index (κ2) is 5.70. The summed E-state index contributed by atoms with van der Waals surface area (Å²) < 4.78 is 28.2. The topological polar surface area (TPSA) is 62.3 Å². The lowest BCUT2D eigenvalue weighted by molar-refractivity contribution is 0.289. The van der Waals surface area contributed by atoms with E-state index in [1.165, 1.54) is 6.20 Å². The van der Waals surface area contributed by atoms with Gasteiger partial charge in [-0.25, -0.2) is 8.42 Å². The molecule has 122 valence electrons. The van der Waals surface area contributed by atoms with Gasteiger partial charge in [0, 0.05) is 41.8 Å². The molecule has 3 heterocycles. The van der Waals surface area contributed by atoms with Gasteiger partial charge >= 0.3 is 0 Å². The number of halogens is 1. The summed E-state index contributed by atoms with van der Waals surface area (Å²) in [6.45, 7) is 1.53. The summed E-state index contributed by atoms with van der Waals surface area (Å²) in [4.78, 5) is 4.33. The lowest BCUT2D eigenvalue weighted by atomic mass is 10.0. The summed E-state index contributed by atoms with van der Waals surface area (Å²) in [6, 6.07) is 5.55. The SMILES string of the molecule is O=S(=O)(c1cccc2cncc(Cl)c12)N1CCC2NCCCC21. The van der Waals surface area contributed by atoms with Gasteiger partial charge in [-0.05, 0) is 31.9 Å². The summed E-state index contributed by atoms with van der Waals surface area (Å²) >= 11 is 6.25. The van der Waals surface area contributed by atoms with Crippen LogP contribution in [0.1, 0.15) is 19.3 Å². The summed E-state index contributed by atoms with van der Waals surface area (Å²) in [5.74, 6) is 0. The van der Waals surface area contributed by atoms with Gasteiger partial charge in [0.25, 0.3) is 0 Å². The molecule has 2 aliphatic heterocycles. The summed E-state index contributed by atoms with van der Waals surface area (Å²) in [6.07, 6.45) is 5.93. The fourth-order valence-corrected chi connectivity index (χ4v) is 6.07. The predicted molar refractivity (Wildman–Crippen MR) is 90.1 cm³/mol. The third kappa shape index (κ3) is 2.45. The third-order valence-corrected chi connectivity index (χ3v) is 7.12. The molecule has 4 rings (SSSR count). The fourth-order valence-electron chi connectivity index (χ4n) is 3.81. The van der Waals surface area contributed by atoms with E-state index in [1.54, 1.807) is 22.6 Å². The van der Waals surface area contributed by atoms with E-state index in [0.717, 1.165) is 31.2 Å². The van der Waals surface area contributed by atoms with Crippen molar-refractivity contribution in [3.05, 3.63) is 35.6 Å². The number of benzene rings is 1. The summed E-state index contributed by atoms with van der Waals surface area (Å²) in [5, 5.41) is 5.13. The number of nitrogens with one attached hydrogen (secondary N) is 1. The third-order valence-electron chi connectivity index (χ3n) is 4.86. The number of rotatable bonds is 2. The number of pyridine rings is 1. The molecule has 23 heavy (non-hydrogen) atoms. The molecular formula is C16H18ClN3O2S. The number of hydrogen-bond donors (Lipinski definition) is 1. The van der Waals surface area contributed by atoms with Gasteiger partial charge in [0.05, 0.1) is 9.92 Å². The first-order valence-corrected chi connectivity index (χ1v) is 9.68. The number of sulfonamides is 1. The normalized spacial score (nSPS) is 25.6. The predicted octanol–water partition coefficient (Wildman–Crippen LogP) is 2.40. The molecule has 1 N–H and O–H groups in total. The van der Waals surface area contributed by atoms with Crippen molar-refractivity contribution in [3.63, 3.8) is 0 Å². The second-order valence-electron chi connectivity index (χ2n) is 6.15. The van der Waals surface area contributed by atoms with E-state index >= 15 is 0 Å². The van der Waals surface area contributed by atoms with Crippen LogP contribution in [0.5, 0.6) is 0 Å². The highest BCUT2D eigenvalue weighted by molar-refractivity contribution is 7.89. The largest absolute Gasteiger partial charge is 0.312 e. The van der Waals surface area contributed by atoms with Crippen LogP contribution in [0.4, 0.5) is 0 Å². The monoisotopic (exact) mass is 351 g/mol. The molecule has 2 aliphatic rings. The number of nitrogens with zero attached hydrogens (tertiary/aromatic N) is 2. The first-order chi connectivity index (χ1) is 11.1. The summed E-state index contributed by atoms with van der Waals surface area (Å²) in [7, 11) is -3.58. The maximum absolute atomic E-state index is 13.3.